The van der Waals surface area contributed by atoms with Crippen LogP contribution >= 0.6 is 11.3 Å². The SMILES string of the molecule is CCOC(=O)c1[nH]c(C)c(C(=O)C(C)N(CC(C)C)C(=O)c2cccs2)c1C. The molecule has 6 nitrogen and oxygen atoms in total. The quantitative estimate of drug-likeness (QED) is 0.527. The fraction of sp³-hybridized carbons (Fsp3) is 0.476. The van der Waals surface area contributed by atoms with E-state index in [4.69, 9.17) is 4.74 Å². The lowest BCUT2D eigenvalue weighted by molar-refractivity contribution is 0.0518. The van der Waals surface area contributed by atoms with E-state index in [-0.39, 0.29) is 29.9 Å². The van der Waals surface area contributed by atoms with Crippen molar-refractivity contribution in [2.24, 2.45) is 5.92 Å². The maximum absolute atomic E-state index is 13.3. The zero-order valence-electron chi connectivity index (χ0n) is 17.3. The summed E-state index contributed by atoms with van der Waals surface area (Å²) < 4.78 is 5.06. The molecular weight excluding hydrogens is 376 g/mol. The molecule has 28 heavy (non-hydrogen) atoms. The molecular formula is C21H28N2O4S. The van der Waals surface area contributed by atoms with Gasteiger partial charge in [-0.15, -0.1) is 11.3 Å². The Balaban J connectivity index is 2.37. The van der Waals surface area contributed by atoms with Crippen molar-refractivity contribution in [2.45, 2.75) is 47.6 Å². The van der Waals surface area contributed by atoms with Crippen LogP contribution in [0.1, 0.15) is 69.5 Å². The number of hydrogen-bond donors (Lipinski definition) is 1. The standard InChI is InChI=1S/C21H28N2O4S/c1-7-27-21(26)18-13(4)17(14(5)22-18)19(24)15(6)23(11-12(2)3)20(25)16-9-8-10-28-16/h8-10,12,15,22H,7,11H2,1-6H3. The average molecular weight is 405 g/mol. The molecule has 0 radical (unpaired) electrons. The molecule has 0 aromatic carbocycles. The Bertz CT molecular complexity index is 852. The number of nitrogens with zero attached hydrogens (tertiary/aromatic N) is 1. The van der Waals surface area contributed by atoms with Crippen LogP contribution in [-0.4, -0.2) is 46.7 Å². The summed E-state index contributed by atoms with van der Waals surface area (Å²) >= 11 is 1.36. The molecule has 0 aliphatic carbocycles. The molecule has 152 valence electrons. The molecule has 1 N–H and O–H groups in total. The summed E-state index contributed by atoms with van der Waals surface area (Å²) in [5, 5.41) is 1.85. The maximum atomic E-state index is 13.3. The van der Waals surface area contributed by atoms with Crippen LogP contribution < -0.4 is 0 Å². The van der Waals surface area contributed by atoms with E-state index >= 15 is 0 Å². The summed E-state index contributed by atoms with van der Waals surface area (Å²) in [7, 11) is 0. The van der Waals surface area contributed by atoms with E-state index in [9.17, 15) is 14.4 Å². The van der Waals surface area contributed by atoms with Gasteiger partial charge in [0.15, 0.2) is 5.78 Å². The van der Waals surface area contributed by atoms with E-state index in [0.29, 0.717) is 28.2 Å². The van der Waals surface area contributed by atoms with Crippen molar-refractivity contribution in [3.8, 4) is 0 Å². The molecule has 0 aliphatic rings. The number of esters is 1. The lowest BCUT2D eigenvalue weighted by atomic mass is 9.99. The van der Waals surface area contributed by atoms with Gasteiger partial charge in [-0.05, 0) is 50.6 Å². The average Bonchev–Trinajstić information content (AvgIpc) is 3.26. The lowest BCUT2D eigenvalue weighted by Gasteiger charge is -2.29. The summed E-state index contributed by atoms with van der Waals surface area (Å²) in [4.78, 5) is 43.6. The topological polar surface area (TPSA) is 79.5 Å². The van der Waals surface area contributed by atoms with Crippen molar-refractivity contribution in [3.63, 3.8) is 0 Å². The lowest BCUT2D eigenvalue weighted by Crippen LogP contribution is -2.45. The molecule has 1 unspecified atom stereocenters. The Hall–Kier alpha value is -2.41. The van der Waals surface area contributed by atoms with Gasteiger partial charge in [-0.25, -0.2) is 4.79 Å². The smallest absolute Gasteiger partial charge is 0.355 e. The number of aryl methyl sites for hydroxylation is 1. The first-order valence-electron chi connectivity index (χ1n) is 9.43. The summed E-state index contributed by atoms with van der Waals surface area (Å²) in [6, 6.07) is 2.94. The molecule has 2 aromatic rings. The molecule has 0 saturated carbocycles. The van der Waals surface area contributed by atoms with Gasteiger partial charge in [0.2, 0.25) is 0 Å². The summed E-state index contributed by atoms with van der Waals surface area (Å²) in [6.07, 6.45) is 0. The maximum Gasteiger partial charge on any atom is 0.355 e. The van der Waals surface area contributed by atoms with Gasteiger partial charge in [0.1, 0.15) is 5.69 Å². The van der Waals surface area contributed by atoms with E-state index in [1.807, 2.05) is 25.3 Å². The van der Waals surface area contributed by atoms with Crippen molar-refractivity contribution in [2.75, 3.05) is 13.2 Å². The van der Waals surface area contributed by atoms with Gasteiger partial charge in [-0.1, -0.05) is 19.9 Å². The molecule has 0 spiro atoms. The zero-order chi connectivity index (χ0) is 21.0. The predicted molar refractivity (Wildman–Crippen MR) is 110 cm³/mol. The van der Waals surface area contributed by atoms with Gasteiger partial charge >= 0.3 is 5.97 Å². The van der Waals surface area contributed by atoms with E-state index < -0.39 is 12.0 Å². The molecule has 2 heterocycles. The summed E-state index contributed by atoms with van der Waals surface area (Å²) in [6.45, 7) is 11.7. The number of ketones is 1. The number of Topliss-reactive ketones (excluding diaryl/α,β-unsaturated/α-hetero) is 1. The Kier molecular flexibility index (Phi) is 7.18. The van der Waals surface area contributed by atoms with E-state index in [1.54, 1.807) is 38.7 Å². The van der Waals surface area contributed by atoms with Crippen molar-refractivity contribution in [1.29, 1.82) is 0 Å². The number of hydrogen-bond acceptors (Lipinski definition) is 5. The van der Waals surface area contributed by atoms with Crippen LogP contribution in [0.3, 0.4) is 0 Å². The molecule has 7 heteroatoms. The van der Waals surface area contributed by atoms with Crippen LogP contribution in [0.4, 0.5) is 0 Å². The second kappa shape index (κ2) is 9.19. The van der Waals surface area contributed by atoms with Gasteiger partial charge in [0, 0.05) is 17.8 Å². The van der Waals surface area contributed by atoms with E-state index in [2.05, 4.69) is 4.98 Å². The van der Waals surface area contributed by atoms with Crippen LogP contribution in [0.25, 0.3) is 0 Å². The Morgan fingerprint density at radius 1 is 1.21 bits per heavy atom. The first-order valence-corrected chi connectivity index (χ1v) is 10.3. The van der Waals surface area contributed by atoms with Gasteiger partial charge in [0.05, 0.1) is 17.5 Å². The highest BCUT2D eigenvalue weighted by molar-refractivity contribution is 7.12. The van der Waals surface area contributed by atoms with Gasteiger partial charge < -0.3 is 14.6 Å². The molecule has 2 aromatic heterocycles. The van der Waals surface area contributed by atoms with Crippen LogP contribution in [0.15, 0.2) is 17.5 Å². The number of aromatic amines is 1. The van der Waals surface area contributed by atoms with Gasteiger partial charge in [0.25, 0.3) is 5.91 Å². The molecule has 0 bridgehead atoms. The summed E-state index contributed by atoms with van der Waals surface area (Å²) in [5.74, 6) is -0.612. The van der Waals surface area contributed by atoms with Gasteiger partial charge in [-0.3, -0.25) is 9.59 Å². The Labute approximate surface area is 169 Å². The second-order valence-corrected chi connectivity index (χ2v) is 8.16. The first-order chi connectivity index (χ1) is 13.2. The molecule has 1 atom stereocenters. The van der Waals surface area contributed by atoms with Crippen molar-refractivity contribution in [1.82, 2.24) is 9.88 Å². The van der Waals surface area contributed by atoms with Crippen LogP contribution in [0, 0.1) is 19.8 Å². The second-order valence-electron chi connectivity index (χ2n) is 7.21. The van der Waals surface area contributed by atoms with E-state index in [0.717, 1.165) is 0 Å². The number of thiophene rings is 1. The van der Waals surface area contributed by atoms with Crippen LogP contribution in [-0.2, 0) is 4.74 Å². The van der Waals surface area contributed by atoms with Gasteiger partial charge in [-0.2, -0.15) is 0 Å². The third kappa shape index (κ3) is 4.52. The van der Waals surface area contributed by atoms with Crippen molar-refractivity contribution in [3.05, 3.63) is 44.9 Å². The van der Waals surface area contributed by atoms with Crippen molar-refractivity contribution < 1.29 is 19.1 Å². The highest BCUT2D eigenvalue weighted by atomic mass is 32.1. The Morgan fingerprint density at radius 2 is 1.89 bits per heavy atom. The minimum Gasteiger partial charge on any atom is -0.461 e. The molecule has 1 amide bonds. The molecule has 0 saturated heterocycles. The number of H-pyrrole nitrogens is 1. The third-order valence-electron chi connectivity index (χ3n) is 4.57. The fourth-order valence-corrected chi connectivity index (χ4v) is 3.91. The number of carbonyl (C=O) groups is 3. The largest absolute Gasteiger partial charge is 0.461 e. The highest BCUT2D eigenvalue weighted by Gasteiger charge is 2.32. The normalized spacial score (nSPS) is 12.1. The molecule has 2 rings (SSSR count). The Morgan fingerprint density at radius 3 is 2.43 bits per heavy atom. The number of nitrogens with one attached hydrogen (secondary N) is 1. The number of ether oxygens (including phenoxy) is 1. The van der Waals surface area contributed by atoms with E-state index in [1.165, 1.54) is 11.3 Å². The summed E-state index contributed by atoms with van der Waals surface area (Å²) in [5.41, 5.74) is 1.89. The highest BCUT2D eigenvalue weighted by Crippen LogP contribution is 2.24. The number of amides is 1. The third-order valence-corrected chi connectivity index (χ3v) is 5.42. The molecule has 0 aliphatic heterocycles. The number of carbonyl (C=O) groups excluding carboxylic acids is 3. The first kappa shape index (κ1) is 21.9. The minimum absolute atomic E-state index is 0.152. The number of aromatic nitrogens is 1. The molecule has 0 fully saturated rings. The minimum atomic E-state index is -0.653. The zero-order valence-corrected chi connectivity index (χ0v) is 18.1. The van der Waals surface area contributed by atoms with Crippen LogP contribution in [0.2, 0.25) is 0 Å². The fourth-order valence-electron chi connectivity index (χ4n) is 3.23. The van der Waals surface area contributed by atoms with Crippen LogP contribution in [0.5, 0.6) is 0 Å². The monoisotopic (exact) mass is 404 g/mol. The van der Waals surface area contributed by atoms with Crippen molar-refractivity contribution >= 4 is 29.0 Å². The predicted octanol–water partition coefficient (Wildman–Crippen LogP) is 4.24. The number of rotatable bonds is 8.